The predicted octanol–water partition coefficient (Wildman–Crippen LogP) is 3.44. The van der Waals surface area contributed by atoms with E-state index in [4.69, 9.17) is 0 Å². The minimum atomic E-state index is 0.194. The van der Waals surface area contributed by atoms with E-state index in [-0.39, 0.29) is 5.91 Å². The molecule has 0 spiro atoms. The molecule has 2 rings (SSSR count). The lowest BCUT2D eigenvalue weighted by atomic mass is 10.0. The van der Waals surface area contributed by atoms with Crippen LogP contribution in [0.1, 0.15) is 54.9 Å². The Morgan fingerprint density at radius 1 is 1.06 bits per heavy atom. The van der Waals surface area contributed by atoms with Gasteiger partial charge in [0.05, 0.1) is 0 Å². The van der Waals surface area contributed by atoms with Gasteiger partial charge >= 0.3 is 0 Å². The highest BCUT2D eigenvalue weighted by Gasteiger charge is 2.17. The number of hydrogen-bond acceptors (Lipinski definition) is 1. The van der Waals surface area contributed by atoms with Crippen molar-refractivity contribution in [3.05, 3.63) is 35.4 Å². The second kappa shape index (κ2) is 5.35. The average Bonchev–Trinajstić information content (AvgIpc) is 2.39. The zero-order valence-electron chi connectivity index (χ0n) is 10.8. The molecular formula is C15H21NO. The zero-order valence-corrected chi connectivity index (χ0v) is 10.8. The molecule has 0 bridgehead atoms. The van der Waals surface area contributed by atoms with E-state index in [1.165, 1.54) is 12.0 Å². The molecule has 1 aromatic rings. The van der Waals surface area contributed by atoms with Crippen LogP contribution in [0, 0.1) is 0 Å². The fraction of sp³-hybridized carbons (Fsp3) is 0.533. The van der Waals surface area contributed by atoms with Crippen LogP contribution in [0.3, 0.4) is 0 Å². The molecule has 92 valence electrons. The first-order chi connectivity index (χ1) is 8.18. The van der Waals surface area contributed by atoms with Crippen molar-refractivity contribution in [2.45, 2.75) is 39.0 Å². The van der Waals surface area contributed by atoms with E-state index >= 15 is 0 Å². The molecule has 1 aliphatic rings. The third-order valence-electron chi connectivity index (χ3n) is 3.47. The Bertz CT molecular complexity index is 374. The summed E-state index contributed by atoms with van der Waals surface area (Å²) in [6.07, 6.45) is 3.56. The summed E-state index contributed by atoms with van der Waals surface area (Å²) in [5, 5.41) is 0. The minimum Gasteiger partial charge on any atom is -0.339 e. The summed E-state index contributed by atoms with van der Waals surface area (Å²) in [4.78, 5) is 14.2. The molecular weight excluding hydrogens is 210 g/mol. The Hall–Kier alpha value is -1.31. The maximum atomic E-state index is 12.2. The SMILES string of the molecule is CC(C)c1ccc(C(=O)N2CCCCC2)cc1. The van der Waals surface area contributed by atoms with Gasteiger partial charge < -0.3 is 4.90 Å². The fourth-order valence-corrected chi connectivity index (χ4v) is 2.29. The summed E-state index contributed by atoms with van der Waals surface area (Å²) < 4.78 is 0. The number of carbonyl (C=O) groups is 1. The van der Waals surface area contributed by atoms with Gasteiger partial charge in [-0.1, -0.05) is 26.0 Å². The molecule has 0 aliphatic carbocycles. The van der Waals surface area contributed by atoms with E-state index in [9.17, 15) is 4.79 Å². The number of nitrogens with zero attached hydrogens (tertiary/aromatic N) is 1. The number of hydrogen-bond donors (Lipinski definition) is 0. The van der Waals surface area contributed by atoms with E-state index in [1.807, 2.05) is 17.0 Å². The number of carbonyl (C=O) groups excluding carboxylic acids is 1. The van der Waals surface area contributed by atoms with Gasteiger partial charge in [-0.05, 0) is 42.9 Å². The van der Waals surface area contributed by atoms with Gasteiger partial charge in [-0.15, -0.1) is 0 Å². The molecule has 1 heterocycles. The van der Waals surface area contributed by atoms with Gasteiger partial charge in [0, 0.05) is 18.7 Å². The van der Waals surface area contributed by atoms with E-state index in [1.54, 1.807) is 0 Å². The van der Waals surface area contributed by atoms with Crippen molar-refractivity contribution < 1.29 is 4.79 Å². The molecule has 0 atom stereocenters. The van der Waals surface area contributed by atoms with Crippen molar-refractivity contribution in [3.8, 4) is 0 Å². The third kappa shape index (κ3) is 2.87. The van der Waals surface area contributed by atoms with E-state index in [0.29, 0.717) is 5.92 Å². The molecule has 1 amide bonds. The molecule has 2 nitrogen and oxygen atoms in total. The molecule has 1 aromatic carbocycles. The molecule has 0 aromatic heterocycles. The van der Waals surface area contributed by atoms with Crippen molar-refractivity contribution >= 4 is 5.91 Å². The van der Waals surface area contributed by atoms with Crippen LogP contribution in [0.4, 0.5) is 0 Å². The molecule has 1 saturated heterocycles. The van der Waals surface area contributed by atoms with Crippen molar-refractivity contribution in [1.82, 2.24) is 4.90 Å². The molecule has 0 saturated carbocycles. The summed E-state index contributed by atoms with van der Waals surface area (Å²) >= 11 is 0. The highest BCUT2D eigenvalue weighted by Crippen LogP contribution is 2.17. The predicted molar refractivity (Wildman–Crippen MR) is 70.3 cm³/mol. The number of likely N-dealkylation sites (tertiary alicyclic amines) is 1. The van der Waals surface area contributed by atoms with Crippen LogP contribution in [0.5, 0.6) is 0 Å². The van der Waals surface area contributed by atoms with Crippen molar-refractivity contribution in [2.75, 3.05) is 13.1 Å². The average molecular weight is 231 g/mol. The summed E-state index contributed by atoms with van der Waals surface area (Å²) in [6, 6.07) is 8.07. The maximum Gasteiger partial charge on any atom is 0.253 e. The molecule has 1 fully saturated rings. The first-order valence-corrected chi connectivity index (χ1v) is 6.57. The summed E-state index contributed by atoms with van der Waals surface area (Å²) in [5.41, 5.74) is 2.12. The molecule has 0 radical (unpaired) electrons. The first kappa shape index (κ1) is 12.2. The van der Waals surface area contributed by atoms with E-state index in [2.05, 4.69) is 26.0 Å². The molecule has 2 heteroatoms. The topological polar surface area (TPSA) is 20.3 Å². The van der Waals surface area contributed by atoms with Crippen molar-refractivity contribution in [2.24, 2.45) is 0 Å². The van der Waals surface area contributed by atoms with Crippen LogP contribution >= 0.6 is 0 Å². The van der Waals surface area contributed by atoms with E-state index < -0.39 is 0 Å². The second-order valence-corrected chi connectivity index (χ2v) is 5.13. The van der Waals surface area contributed by atoms with E-state index in [0.717, 1.165) is 31.5 Å². The Morgan fingerprint density at radius 2 is 1.65 bits per heavy atom. The minimum absolute atomic E-state index is 0.194. The van der Waals surface area contributed by atoms with Crippen LogP contribution < -0.4 is 0 Å². The molecule has 1 aliphatic heterocycles. The summed E-state index contributed by atoms with van der Waals surface area (Å²) in [6.45, 7) is 6.18. The molecule has 0 unspecified atom stereocenters. The number of piperidine rings is 1. The van der Waals surface area contributed by atoms with Crippen LogP contribution in [-0.2, 0) is 0 Å². The monoisotopic (exact) mass is 231 g/mol. The van der Waals surface area contributed by atoms with Crippen molar-refractivity contribution in [3.63, 3.8) is 0 Å². The Kier molecular flexibility index (Phi) is 3.82. The van der Waals surface area contributed by atoms with Gasteiger partial charge in [0.1, 0.15) is 0 Å². The number of rotatable bonds is 2. The molecule has 17 heavy (non-hydrogen) atoms. The zero-order chi connectivity index (χ0) is 12.3. The van der Waals surface area contributed by atoms with Gasteiger partial charge in [-0.3, -0.25) is 4.79 Å². The smallest absolute Gasteiger partial charge is 0.253 e. The summed E-state index contributed by atoms with van der Waals surface area (Å²) in [5.74, 6) is 0.717. The highest BCUT2D eigenvalue weighted by molar-refractivity contribution is 5.94. The number of amides is 1. The number of benzene rings is 1. The van der Waals surface area contributed by atoms with Gasteiger partial charge in [-0.2, -0.15) is 0 Å². The van der Waals surface area contributed by atoms with Crippen LogP contribution in [0.15, 0.2) is 24.3 Å². The molecule has 0 N–H and O–H groups in total. The lowest BCUT2D eigenvalue weighted by Gasteiger charge is -2.26. The Balaban J connectivity index is 2.08. The second-order valence-electron chi connectivity index (χ2n) is 5.13. The first-order valence-electron chi connectivity index (χ1n) is 6.57. The van der Waals surface area contributed by atoms with Gasteiger partial charge in [0.15, 0.2) is 0 Å². The third-order valence-corrected chi connectivity index (χ3v) is 3.47. The van der Waals surface area contributed by atoms with Gasteiger partial charge in [0.2, 0.25) is 0 Å². The normalized spacial score (nSPS) is 16.3. The quantitative estimate of drug-likeness (QED) is 0.763. The Morgan fingerprint density at radius 3 is 2.18 bits per heavy atom. The van der Waals surface area contributed by atoms with Crippen molar-refractivity contribution in [1.29, 1.82) is 0 Å². The van der Waals surface area contributed by atoms with Crippen LogP contribution in [0.25, 0.3) is 0 Å². The van der Waals surface area contributed by atoms with Crippen LogP contribution in [-0.4, -0.2) is 23.9 Å². The lowest BCUT2D eigenvalue weighted by molar-refractivity contribution is 0.0724. The largest absolute Gasteiger partial charge is 0.339 e. The van der Waals surface area contributed by atoms with Gasteiger partial charge in [-0.25, -0.2) is 0 Å². The summed E-state index contributed by atoms with van der Waals surface area (Å²) in [7, 11) is 0. The highest BCUT2D eigenvalue weighted by atomic mass is 16.2. The fourth-order valence-electron chi connectivity index (χ4n) is 2.29. The lowest BCUT2D eigenvalue weighted by Crippen LogP contribution is -2.35. The Labute approximate surface area is 104 Å². The maximum absolute atomic E-state index is 12.2. The van der Waals surface area contributed by atoms with Crippen LogP contribution in [0.2, 0.25) is 0 Å². The standard InChI is InChI=1S/C15H21NO/c1-12(2)13-6-8-14(9-7-13)15(17)16-10-4-3-5-11-16/h6-9,12H,3-5,10-11H2,1-2H3. The van der Waals surface area contributed by atoms with Gasteiger partial charge in [0.25, 0.3) is 5.91 Å².